The van der Waals surface area contributed by atoms with E-state index in [-0.39, 0.29) is 11.9 Å². The highest BCUT2D eigenvalue weighted by atomic mass is 19.1. The molecule has 2 aromatic rings. The monoisotopic (exact) mass is 269 g/mol. The minimum absolute atomic E-state index is 0.226. The molecule has 0 bridgehead atoms. The molecule has 0 amide bonds. The molecule has 0 aliphatic heterocycles. The molecule has 2 aromatic carbocycles. The number of benzene rings is 2. The summed E-state index contributed by atoms with van der Waals surface area (Å²) in [5.74, 6) is 0.465. The van der Waals surface area contributed by atoms with Gasteiger partial charge in [0.15, 0.2) is 0 Å². The van der Waals surface area contributed by atoms with Crippen LogP contribution in [-0.2, 0) is 0 Å². The van der Waals surface area contributed by atoms with Gasteiger partial charge in [0, 0.05) is 0 Å². The van der Waals surface area contributed by atoms with Crippen LogP contribution >= 0.6 is 0 Å². The Morgan fingerprint density at radius 2 is 1.95 bits per heavy atom. The molecular formula is C18H20FN. The molecule has 0 radical (unpaired) electrons. The van der Waals surface area contributed by atoms with Crippen molar-refractivity contribution in [3.05, 3.63) is 70.5 Å². The highest BCUT2D eigenvalue weighted by molar-refractivity contribution is 5.39. The van der Waals surface area contributed by atoms with E-state index in [9.17, 15) is 4.39 Å². The highest BCUT2D eigenvalue weighted by Crippen LogP contribution is 2.37. The quantitative estimate of drug-likeness (QED) is 0.875. The summed E-state index contributed by atoms with van der Waals surface area (Å²) in [5.41, 5.74) is 10.7. The van der Waals surface area contributed by atoms with E-state index in [1.807, 2.05) is 13.0 Å². The van der Waals surface area contributed by atoms with Gasteiger partial charge in [-0.1, -0.05) is 36.8 Å². The summed E-state index contributed by atoms with van der Waals surface area (Å²) in [6.07, 6.45) is 3.87. The minimum atomic E-state index is -0.259. The van der Waals surface area contributed by atoms with Crippen molar-refractivity contribution in [3.63, 3.8) is 0 Å². The summed E-state index contributed by atoms with van der Waals surface area (Å²) >= 11 is 0. The average molecular weight is 269 g/mol. The summed E-state index contributed by atoms with van der Waals surface area (Å²) in [6.45, 7) is 1.98. The van der Waals surface area contributed by atoms with Crippen molar-refractivity contribution >= 4 is 0 Å². The summed E-state index contributed by atoms with van der Waals surface area (Å²) < 4.78 is 13.4. The average Bonchev–Trinajstić information content (AvgIpc) is 2.39. The van der Waals surface area contributed by atoms with E-state index in [1.54, 1.807) is 12.1 Å². The van der Waals surface area contributed by atoms with Crippen molar-refractivity contribution in [1.82, 2.24) is 0 Å². The van der Waals surface area contributed by atoms with Crippen LogP contribution in [0.15, 0.2) is 42.5 Å². The first-order chi connectivity index (χ1) is 9.65. The Bertz CT molecular complexity index is 617. The lowest BCUT2D eigenvalue weighted by Crippen LogP contribution is -2.15. The standard InChI is InChI=1S/C18H20FN/c1-12-8-9-16(19)11-17(12)18(20)15-7-3-6-14(10-15)13-4-2-5-13/h3,6-11,13,18H,2,4-5,20H2,1H3. The number of hydrogen-bond donors (Lipinski definition) is 1. The number of nitrogens with two attached hydrogens (primary N) is 1. The van der Waals surface area contributed by atoms with Crippen LogP contribution in [0.3, 0.4) is 0 Å². The Labute approximate surface area is 119 Å². The molecule has 1 aliphatic rings. The SMILES string of the molecule is Cc1ccc(F)cc1C(N)c1cccc(C2CCC2)c1. The van der Waals surface area contributed by atoms with E-state index in [2.05, 4.69) is 18.2 Å². The topological polar surface area (TPSA) is 26.0 Å². The van der Waals surface area contributed by atoms with Crippen molar-refractivity contribution in [3.8, 4) is 0 Å². The zero-order valence-corrected chi connectivity index (χ0v) is 11.8. The third-order valence-corrected chi connectivity index (χ3v) is 4.42. The molecule has 2 heteroatoms. The van der Waals surface area contributed by atoms with Gasteiger partial charge in [-0.15, -0.1) is 0 Å². The maximum atomic E-state index is 13.4. The summed E-state index contributed by atoms with van der Waals surface area (Å²) in [5, 5.41) is 0. The molecule has 1 aliphatic carbocycles. The number of rotatable bonds is 3. The maximum absolute atomic E-state index is 13.4. The zero-order valence-electron chi connectivity index (χ0n) is 11.8. The van der Waals surface area contributed by atoms with E-state index >= 15 is 0 Å². The number of halogens is 1. The molecule has 0 spiro atoms. The number of aryl methyl sites for hydroxylation is 1. The lowest BCUT2D eigenvalue weighted by Gasteiger charge is -2.27. The molecule has 1 saturated carbocycles. The molecule has 104 valence electrons. The van der Waals surface area contributed by atoms with Gasteiger partial charge in [-0.3, -0.25) is 0 Å². The van der Waals surface area contributed by atoms with Gasteiger partial charge < -0.3 is 5.73 Å². The third-order valence-electron chi connectivity index (χ3n) is 4.42. The van der Waals surface area contributed by atoms with Crippen LogP contribution in [0.4, 0.5) is 4.39 Å². The minimum Gasteiger partial charge on any atom is -0.320 e. The summed E-state index contributed by atoms with van der Waals surface area (Å²) in [7, 11) is 0. The lowest BCUT2D eigenvalue weighted by atomic mass is 9.79. The van der Waals surface area contributed by atoms with Crippen LogP contribution in [0.5, 0.6) is 0 Å². The normalized spacial score (nSPS) is 16.8. The first kappa shape index (κ1) is 13.3. The van der Waals surface area contributed by atoms with Crippen LogP contribution in [0.25, 0.3) is 0 Å². The maximum Gasteiger partial charge on any atom is 0.123 e. The summed E-state index contributed by atoms with van der Waals surface area (Å²) in [6, 6.07) is 13.0. The molecule has 0 heterocycles. The predicted molar refractivity (Wildman–Crippen MR) is 80.2 cm³/mol. The van der Waals surface area contributed by atoms with Gasteiger partial charge in [0.1, 0.15) is 5.82 Å². The first-order valence-corrected chi connectivity index (χ1v) is 7.26. The molecule has 1 nitrogen and oxygen atoms in total. The summed E-state index contributed by atoms with van der Waals surface area (Å²) in [4.78, 5) is 0. The number of hydrogen-bond acceptors (Lipinski definition) is 1. The third kappa shape index (κ3) is 2.48. The second-order valence-electron chi connectivity index (χ2n) is 5.78. The van der Waals surface area contributed by atoms with Crippen molar-refractivity contribution in [2.75, 3.05) is 0 Å². The van der Waals surface area contributed by atoms with Gasteiger partial charge in [-0.25, -0.2) is 4.39 Å². The molecule has 0 saturated heterocycles. The van der Waals surface area contributed by atoms with Gasteiger partial charge in [-0.2, -0.15) is 0 Å². The van der Waals surface area contributed by atoms with E-state index in [4.69, 9.17) is 5.73 Å². The van der Waals surface area contributed by atoms with Crippen LogP contribution in [0.1, 0.15) is 53.5 Å². The Balaban J connectivity index is 1.93. The molecule has 1 fully saturated rings. The molecule has 1 unspecified atom stereocenters. The van der Waals surface area contributed by atoms with Gasteiger partial charge in [0.05, 0.1) is 6.04 Å². The van der Waals surface area contributed by atoms with Crippen LogP contribution in [0.2, 0.25) is 0 Å². The first-order valence-electron chi connectivity index (χ1n) is 7.26. The Hall–Kier alpha value is -1.67. The molecule has 1 atom stereocenters. The molecule has 2 N–H and O–H groups in total. The van der Waals surface area contributed by atoms with Crippen LogP contribution in [0, 0.1) is 12.7 Å². The van der Waals surface area contributed by atoms with E-state index in [1.165, 1.54) is 30.9 Å². The fourth-order valence-corrected chi connectivity index (χ4v) is 2.87. The molecule has 0 aromatic heterocycles. The second kappa shape index (κ2) is 5.37. The Morgan fingerprint density at radius 1 is 1.15 bits per heavy atom. The van der Waals surface area contributed by atoms with Gasteiger partial charge in [0.25, 0.3) is 0 Å². The van der Waals surface area contributed by atoms with Crippen LogP contribution < -0.4 is 5.73 Å². The fourth-order valence-electron chi connectivity index (χ4n) is 2.87. The van der Waals surface area contributed by atoms with Crippen molar-refractivity contribution in [2.24, 2.45) is 5.73 Å². The Morgan fingerprint density at radius 3 is 2.65 bits per heavy atom. The van der Waals surface area contributed by atoms with E-state index in [0.29, 0.717) is 5.92 Å². The largest absolute Gasteiger partial charge is 0.320 e. The second-order valence-corrected chi connectivity index (χ2v) is 5.78. The van der Waals surface area contributed by atoms with Crippen molar-refractivity contribution < 1.29 is 4.39 Å². The van der Waals surface area contributed by atoms with Crippen molar-refractivity contribution in [2.45, 2.75) is 38.1 Å². The fraction of sp³-hybridized carbons (Fsp3) is 0.333. The van der Waals surface area contributed by atoms with E-state index < -0.39 is 0 Å². The molecule has 3 rings (SSSR count). The van der Waals surface area contributed by atoms with Crippen molar-refractivity contribution in [1.29, 1.82) is 0 Å². The van der Waals surface area contributed by atoms with Crippen LogP contribution in [-0.4, -0.2) is 0 Å². The Kier molecular flexibility index (Phi) is 3.58. The highest BCUT2D eigenvalue weighted by Gasteiger charge is 2.20. The van der Waals surface area contributed by atoms with E-state index in [0.717, 1.165) is 16.7 Å². The molecule has 20 heavy (non-hydrogen) atoms. The van der Waals surface area contributed by atoms with Gasteiger partial charge in [-0.05, 0) is 60.1 Å². The van der Waals surface area contributed by atoms with Gasteiger partial charge in [0.2, 0.25) is 0 Å². The zero-order chi connectivity index (χ0) is 14.1. The smallest absolute Gasteiger partial charge is 0.123 e. The van der Waals surface area contributed by atoms with Gasteiger partial charge >= 0.3 is 0 Å². The molecular weight excluding hydrogens is 249 g/mol. The predicted octanol–water partition coefficient (Wildman–Crippen LogP) is 4.45. The lowest BCUT2D eigenvalue weighted by molar-refractivity contribution is 0.419.